The van der Waals surface area contributed by atoms with Crippen LogP contribution < -0.4 is 10.6 Å². The molecule has 0 aliphatic carbocycles. The van der Waals surface area contributed by atoms with Gasteiger partial charge >= 0.3 is 17.9 Å². The molecule has 1 fully saturated rings. The zero-order valence-electron chi connectivity index (χ0n) is 39.7. The number of carbonyl (C=O) groups is 5. The molecule has 68 heavy (non-hydrogen) atoms. The normalized spacial score (nSPS) is 14.9. The van der Waals surface area contributed by atoms with Crippen molar-refractivity contribution in [1.29, 1.82) is 0 Å². The summed E-state index contributed by atoms with van der Waals surface area (Å²) in [5.74, 6) is -3.37. The fourth-order valence-corrected chi connectivity index (χ4v) is 6.12. The summed E-state index contributed by atoms with van der Waals surface area (Å²) < 4.78 is 60.2. The summed E-state index contributed by atoms with van der Waals surface area (Å²) in [7, 11) is 0. The lowest BCUT2D eigenvalue weighted by molar-refractivity contribution is -0.140. The van der Waals surface area contributed by atoms with E-state index in [1.807, 2.05) is 4.90 Å². The Bertz CT molecular complexity index is 1240. The standard InChI is InChI=1S/C42H79BrN6O19/c43-33-38(50)44-1-11-58-13-15-60-17-19-62-21-23-64-25-27-66-29-31-68-32-30-67-28-26-65-24-22-63-20-18-61-16-14-59-12-2-45-39(51)34-46-3-5-47(35-40(52)53)7-9-49(37-42(56)57)10-8-48(6-4-46)36-41(54)55/h1-37H2,(H,44,50)(H,45,51)(H,52,53)(H,54,55)(H,56,57). The molecule has 1 heterocycles. The van der Waals surface area contributed by atoms with Crippen molar-refractivity contribution < 1.29 is 91.4 Å². The Labute approximate surface area is 408 Å². The molecule has 26 heteroatoms. The molecule has 0 atom stereocenters. The van der Waals surface area contributed by atoms with Gasteiger partial charge in [0.15, 0.2) is 0 Å². The fourth-order valence-electron chi connectivity index (χ4n) is 5.92. The van der Waals surface area contributed by atoms with Crippen molar-refractivity contribution in [2.45, 2.75) is 0 Å². The predicted octanol–water partition coefficient (Wildman–Crippen LogP) is -2.73. The number of rotatable bonds is 45. The third-order valence-corrected chi connectivity index (χ3v) is 9.86. The van der Waals surface area contributed by atoms with Crippen LogP contribution in [0.3, 0.4) is 0 Å². The van der Waals surface area contributed by atoms with E-state index in [1.165, 1.54) is 0 Å². The van der Waals surface area contributed by atoms with Gasteiger partial charge in [-0.05, 0) is 0 Å². The van der Waals surface area contributed by atoms with E-state index in [9.17, 15) is 39.3 Å². The molecule has 0 aromatic rings. The molecule has 1 aliphatic rings. The second-order valence-electron chi connectivity index (χ2n) is 14.9. The van der Waals surface area contributed by atoms with Gasteiger partial charge in [0, 0.05) is 65.4 Å². The minimum atomic E-state index is -1.02. The van der Waals surface area contributed by atoms with Gasteiger partial charge in [-0.3, -0.25) is 43.6 Å². The number of hydrogen-bond donors (Lipinski definition) is 5. The van der Waals surface area contributed by atoms with E-state index in [1.54, 1.807) is 14.7 Å². The molecule has 0 aromatic heterocycles. The van der Waals surface area contributed by atoms with E-state index < -0.39 is 17.9 Å². The number of aliphatic carboxylic acids is 3. The smallest absolute Gasteiger partial charge is 0.317 e. The third-order valence-electron chi connectivity index (χ3n) is 9.35. The van der Waals surface area contributed by atoms with Crippen LogP contribution in [0.25, 0.3) is 0 Å². The maximum atomic E-state index is 12.8. The summed E-state index contributed by atoms with van der Waals surface area (Å²) in [4.78, 5) is 65.1. The summed E-state index contributed by atoms with van der Waals surface area (Å²) in [6.45, 7) is 12.1. The van der Waals surface area contributed by atoms with Crippen LogP contribution in [-0.4, -0.2) is 307 Å². The fraction of sp³-hybridized carbons (Fsp3) is 0.881. The molecule has 5 N–H and O–H groups in total. The first-order valence-corrected chi connectivity index (χ1v) is 24.2. The van der Waals surface area contributed by atoms with Crippen molar-refractivity contribution in [3.63, 3.8) is 0 Å². The van der Waals surface area contributed by atoms with Gasteiger partial charge in [-0.25, -0.2) is 0 Å². The van der Waals surface area contributed by atoms with Crippen molar-refractivity contribution in [3.05, 3.63) is 0 Å². The van der Waals surface area contributed by atoms with Crippen LogP contribution in [0.1, 0.15) is 0 Å². The molecular formula is C42H79BrN6O19. The molecular weight excluding hydrogens is 972 g/mol. The van der Waals surface area contributed by atoms with E-state index in [0.29, 0.717) is 198 Å². The highest BCUT2D eigenvalue weighted by atomic mass is 79.9. The lowest BCUT2D eigenvalue weighted by Crippen LogP contribution is -2.50. The molecule has 0 saturated carbocycles. The average Bonchev–Trinajstić information content (AvgIpc) is 3.30. The maximum absolute atomic E-state index is 12.8. The van der Waals surface area contributed by atoms with Gasteiger partial charge in [0.05, 0.1) is 177 Å². The number of carboxylic acid groups (broad SMARTS) is 3. The molecule has 1 saturated heterocycles. The van der Waals surface area contributed by atoms with Gasteiger partial charge < -0.3 is 78.1 Å². The number of nitrogens with one attached hydrogen (secondary N) is 2. The number of alkyl halides is 1. The zero-order chi connectivity index (χ0) is 49.6. The Morgan fingerprint density at radius 3 is 0.721 bits per heavy atom. The van der Waals surface area contributed by atoms with E-state index in [4.69, 9.17) is 52.1 Å². The summed E-state index contributed by atoms with van der Waals surface area (Å²) >= 11 is 3.08. The summed E-state index contributed by atoms with van der Waals surface area (Å²) in [5, 5.41) is 33.9. The molecule has 1 rings (SSSR count). The molecule has 0 bridgehead atoms. The number of ether oxygens (including phenoxy) is 11. The highest BCUT2D eigenvalue weighted by Gasteiger charge is 2.21. The van der Waals surface area contributed by atoms with E-state index in [2.05, 4.69) is 26.6 Å². The van der Waals surface area contributed by atoms with Crippen LogP contribution >= 0.6 is 15.9 Å². The van der Waals surface area contributed by atoms with Gasteiger partial charge in [-0.1, -0.05) is 15.9 Å². The largest absolute Gasteiger partial charge is 0.480 e. The Kier molecular flexibility index (Phi) is 43.3. The van der Waals surface area contributed by atoms with Gasteiger partial charge in [0.2, 0.25) is 11.8 Å². The van der Waals surface area contributed by atoms with Crippen LogP contribution in [0, 0.1) is 0 Å². The van der Waals surface area contributed by atoms with Crippen molar-refractivity contribution in [1.82, 2.24) is 30.2 Å². The highest BCUT2D eigenvalue weighted by molar-refractivity contribution is 9.09. The first-order chi connectivity index (χ1) is 33.1. The van der Waals surface area contributed by atoms with E-state index in [0.717, 1.165) is 0 Å². The number of carbonyl (C=O) groups excluding carboxylic acids is 2. The zero-order valence-corrected chi connectivity index (χ0v) is 41.3. The Morgan fingerprint density at radius 1 is 0.324 bits per heavy atom. The van der Waals surface area contributed by atoms with Gasteiger partial charge in [-0.2, -0.15) is 0 Å². The van der Waals surface area contributed by atoms with Gasteiger partial charge in [0.25, 0.3) is 0 Å². The van der Waals surface area contributed by atoms with Crippen LogP contribution in [0.4, 0.5) is 0 Å². The summed E-state index contributed by atoms with van der Waals surface area (Å²) in [6, 6.07) is 0. The van der Waals surface area contributed by atoms with E-state index >= 15 is 0 Å². The average molecular weight is 1050 g/mol. The summed E-state index contributed by atoms with van der Waals surface area (Å²) in [5.41, 5.74) is 0. The molecule has 25 nitrogen and oxygen atoms in total. The first-order valence-electron chi connectivity index (χ1n) is 23.1. The van der Waals surface area contributed by atoms with E-state index in [-0.39, 0.29) is 56.5 Å². The topological polar surface area (TPSA) is 285 Å². The highest BCUT2D eigenvalue weighted by Crippen LogP contribution is 2.02. The van der Waals surface area contributed by atoms with Crippen molar-refractivity contribution in [2.24, 2.45) is 0 Å². The Morgan fingerprint density at radius 2 is 0.515 bits per heavy atom. The number of amides is 2. The molecule has 0 spiro atoms. The predicted molar refractivity (Wildman–Crippen MR) is 247 cm³/mol. The quantitative estimate of drug-likeness (QED) is 0.0306. The van der Waals surface area contributed by atoms with Gasteiger partial charge in [0.1, 0.15) is 0 Å². The van der Waals surface area contributed by atoms with Crippen LogP contribution in [0.5, 0.6) is 0 Å². The van der Waals surface area contributed by atoms with Crippen LogP contribution in [0.15, 0.2) is 0 Å². The van der Waals surface area contributed by atoms with Gasteiger partial charge in [-0.15, -0.1) is 0 Å². The lowest BCUT2D eigenvalue weighted by atomic mass is 10.3. The number of nitrogens with zero attached hydrogens (tertiary/aromatic N) is 4. The molecule has 0 aromatic carbocycles. The minimum Gasteiger partial charge on any atom is -0.480 e. The number of hydrogen-bond acceptors (Lipinski definition) is 20. The minimum absolute atomic E-state index is 0.0294. The molecule has 1 aliphatic heterocycles. The molecule has 2 amide bonds. The van der Waals surface area contributed by atoms with Crippen molar-refractivity contribution in [3.8, 4) is 0 Å². The lowest BCUT2D eigenvalue weighted by Gasteiger charge is -2.32. The first kappa shape index (κ1) is 63.2. The molecule has 398 valence electrons. The number of halogens is 1. The molecule has 0 radical (unpaired) electrons. The van der Waals surface area contributed by atoms with Crippen molar-refractivity contribution >= 4 is 45.7 Å². The monoisotopic (exact) mass is 1050 g/mol. The van der Waals surface area contributed by atoms with Crippen LogP contribution in [0.2, 0.25) is 0 Å². The maximum Gasteiger partial charge on any atom is 0.317 e. The second kappa shape index (κ2) is 46.6. The Balaban J connectivity index is 1.92. The molecule has 0 unspecified atom stereocenters. The van der Waals surface area contributed by atoms with Crippen molar-refractivity contribution in [2.75, 3.05) is 242 Å². The summed E-state index contributed by atoms with van der Waals surface area (Å²) in [6.07, 6.45) is 0. The third kappa shape index (κ3) is 43.3. The Hall–Kier alpha value is -2.77. The second-order valence-corrected chi connectivity index (χ2v) is 15.4. The van der Waals surface area contributed by atoms with Crippen LogP contribution in [-0.2, 0) is 76.1 Å². The number of carboxylic acids is 3. The SMILES string of the molecule is O=C(O)CN1CCN(CC(=O)O)CCN(CC(=O)NCCOCCOCCOCCOCCOCCOCCOCCOCCOCCOCCOCCNC(=O)CBr)CCN(CC(=O)O)CC1.